The van der Waals surface area contributed by atoms with Gasteiger partial charge in [0, 0.05) is 29.4 Å². The number of carbonyl (C=O) groups excluding carboxylic acids is 1. The van der Waals surface area contributed by atoms with E-state index in [4.69, 9.17) is 5.11 Å². The first-order valence-corrected chi connectivity index (χ1v) is 14.7. The van der Waals surface area contributed by atoms with Gasteiger partial charge in [-0.15, -0.1) is 0 Å². The Balaban J connectivity index is 0.00000552. The molecule has 3 aromatic carbocycles. The van der Waals surface area contributed by atoms with Gasteiger partial charge in [-0.3, -0.25) is 9.59 Å². The van der Waals surface area contributed by atoms with Crippen LogP contribution in [0.15, 0.2) is 78.9 Å². The number of aromatic nitrogens is 1. The van der Waals surface area contributed by atoms with E-state index in [0.29, 0.717) is 23.2 Å². The van der Waals surface area contributed by atoms with Crippen molar-refractivity contribution in [2.45, 2.75) is 70.9 Å². The zero-order valence-corrected chi connectivity index (χ0v) is 24.9. The number of amides is 1. The fourth-order valence-corrected chi connectivity index (χ4v) is 5.61. The van der Waals surface area contributed by atoms with Crippen molar-refractivity contribution in [1.29, 1.82) is 0 Å². The van der Waals surface area contributed by atoms with Gasteiger partial charge in [0.1, 0.15) is 11.5 Å². The number of aliphatic hydroxyl groups is 3. The molecule has 0 radical (unpaired) electrons. The zero-order valence-electron chi connectivity index (χ0n) is 24.9. The number of carboxylic acid groups (broad SMARTS) is 1. The van der Waals surface area contributed by atoms with Gasteiger partial charge in [0.05, 0.1) is 25.2 Å². The van der Waals surface area contributed by atoms with Crippen LogP contribution in [0.2, 0.25) is 0 Å². The fraction of sp³-hybridized carbons (Fsp3) is 0.314. The molecule has 5 N–H and O–H groups in total. The second-order valence-corrected chi connectivity index (χ2v) is 11.2. The third-order valence-corrected chi connectivity index (χ3v) is 7.53. The molecule has 0 aliphatic rings. The van der Waals surface area contributed by atoms with Crippen molar-refractivity contribution in [2.24, 2.45) is 0 Å². The predicted molar refractivity (Wildman–Crippen MR) is 174 cm³/mol. The van der Waals surface area contributed by atoms with Crippen LogP contribution in [-0.4, -0.2) is 78.6 Å². The summed E-state index contributed by atoms with van der Waals surface area (Å²) in [4.78, 5) is 25.2. The number of hydrogen-bond donors (Lipinski definition) is 5. The normalized spacial score (nSPS) is 12.4. The maximum absolute atomic E-state index is 14.1. The van der Waals surface area contributed by atoms with E-state index in [1.807, 2.05) is 66.9 Å². The van der Waals surface area contributed by atoms with Crippen molar-refractivity contribution in [3.05, 3.63) is 107 Å². The van der Waals surface area contributed by atoms with Gasteiger partial charge in [0.15, 0.2) is 0 Å². The quantitative estimate of drug-likeness (QED) is 0.127. The maximum atomic E-state index is 14.1. The van der Waals surface area contributed by atoms with Crippen LogP contribution in [0.4, 0.5) is 4.39 Å². The van der Waals surface area contributed by atoms with Gasteiger partial charge in [-0.05, 0) is 67.5 Å². The molecule has 0 fully saturated rings. The molecule has 1 heterocycles. The Morgan fingerprint density at radius 3 is 2.13 bits per heavy atom. The minimum absolute atomic E-state index is 0. The number of aliphatic hydroxyl groups excluding tert-OH is 3. The molecule has 0 spiro atoms. The molecule has 1 aromatic heterocycles. The van der Waals surface area contributed by atoms with Gasteiger partial charge < -0.3 is 30.3 Å². The summed E-state index contributed by atoms with van der Waals surface area (Å²) in [6.07, 6.45) is -2.25. The second kappa shape index (κ2) is 16.8. The molecule has 4 rings (SSSR count). The Hall–Kier alpha value is -3.31. The molecule has 0 bridgehead atoms. The predicted octanol–water partition coefficient (Wildman–Crippen LogP) is 4.84. The van der Waals surface area contributed by atoms with Crippen molar-refractivity contribution < 1.29 is 34.4 Å². The summed E-state index contributed by atoms with van der Waals surface area (Å²) >= 11 is 0. The number of nitrogens with one attached hydrogen (secondary N) is 1. The van der Waals surface area contributed by atoms with E-state index >= 15 is 0 Å². The first kappa shape index (κ1) is 36.2. The van der Waals surface area contributed by atoms with Crippen LogP contribution in [0.25, 0.3) is 22.3 Å². The van der Waals surface area contributed by atoms with E-state index in [1.54, 1.807) is 18.2 Å². The van der Waals surface area contributed by atoms with E-state index in [0.717, 1.165) is 27.9 Å². The van der Waals surface area contributed by atoms with Gasteiger partial charge >= 0.3 is 35.5 Å². The van der Waals surface area contributed by atoms with Crippen LogP contribution in [-0.2, 0) is 24.4 Å². The van der Waals surface area contributed by atoms with Gasteiger partial charge in [-0.1, -0.05) is 66.7 Å². The molecule has 10 heteroatoms. The molecule has 0 saturated carbocycles. The third-order valence-electron chi connectivity index (χ3n) is 7.53. The van der Waals surface area contributed by atoms with Crippen LogP contribution >= 0.6 is 0 Å². The Morgan fingerprint density at radius 2 is 1.51 bits per heavy atom. The van der Waals surface area contributed by atoms with Crippen molar-refractivity contribution in [3.8, 4) is 22.3 Å². The number of halogens is 1. The van der Waals surface area contributed by atoms with E-state index in [-0.39, 0.29) is 67.5 Å². The molecule has 4 aromatic rings. The topological polar surface area (TPSA) is 132 Å². The van der Waals surface area contributed by atoms with Gasteiger partial charge in [0.2, 0.25) is 0 Å². The molecular weight excluding hydrogens is 586 g/mol. The van der Waals surface area contributed by atoms with E-state index in [9.17, 15) is 29.3 Å². The van der Waals surface area contributed by atoms with E-state index in [2.05, 4.69) is 5.32 Å². The van der Waals surface area contributed by atoms with Crippen LogP contribution in [0.3, 0.4) is 0 Å². The summed E-state index contributed by atoms with van der Waals surface area (Å²) in [5, 5.41) is 42.4. The zero-order chi connectivity index (χ0) is 31.8. The van der Waals surface area contributed by atoms with E-state index in [1.165, 1.54) is 12.1 Å². The molecule has 0 aliphatic carbocycles. The molecule has 1 amide bonds. The summed E-state index contributed by atoms with van der Waals surface area (Å²) < 4.78 is 16.0. The number of aliphatic carboxylic acids is 1. The molecule has 2 atom stereocenters. The van der Waals surface area contributed by atoms with Crippen molar-refractivity contribution in [2.75, 3.05) is 0 Å². The van der Waals surface area contributed by atoms with Crippen molar-refractivity contribution >= 4 is 41.4 Å². The number of nitrogens with zero attached hydrogens (tertiary/aromatic N) is 1. The fourth-order valence-electron chi connectivity index (χ4n) is 5.61. The molecule has 0 unspecified atom stereocenters. The molecular formula is C35H40FN2NaO6. The molecule has 45 heavy (non-hydrogen) atoms. The molecule has 0 saturated heterocycles. The average molecular weight is 627 g/mol. The summed E-state index contributed by atoms with van der Waals surface area (Å²) in [7, 11) is 0. The Kier molecular flexibility index (Phi) is 13.5. The number of carboxylic acids is 1. The summed E-state index contributed by atoms with van der Waals surface area (Å²) in [5.74, 6) is -1.87. The van der Waals surface area contributed by atoms with Crippen LogP contribution in [0.5, 0.6) is 0 Å². The third kappa shape index (κ3) is 9.36. The van der Waals surface area contributed by atoms with Crippen LogP contribution in [0.1, 0.15) is 66.5 Å². The standard InChI is InChI=1S/C35H39FN2O6.Na.H/c1-22(2)38-30(16-15-28(40)18-29(41)19-31(42)43)32(26-11-13-27(36)14-12-26)33(25-9-4-3-5-10-25)34(38)35(44)37-20-23-7-6-8-24(17-23)21-39;;/h3-14,17,22,28-29,39-41H,15-16,18-21H2,1-2H3,(H,37,44)(H,42,43);;/t28-,29-;;/m1../s1. The summed E-state index contributed by atoms with van der Waals surface area (Å²) in [5.41, 5.74) is 5.63. The monoisotopic (exact) mass is 626 g/mol. The Morgan fingerprint density at radius 1 is 0.867 bits per heavy atom. The average Bonchev–Trinajstić information content (AvgIpc) is 3.35. The van der Waals surface area contributed by atoms with Gasteiger partial charge in [0.25, 0.3) is 5.91 Å². The van der Waals surface area contributed by atoms with Crippen LogP contribution < -0.4 is 5.32 Å². The molecule has 8 nitrogen and oxygen atoms in total. The second-order valence-electron chi connectivity index (χ2n) is 11.2. The Labute approximate surface area is 284 Å². The molecule has 234 valence electrons. The van der Waals surface area contributed by atoms with Gasteiger partial charge in [-0.2, -0.15) is 0 Å². The van der Waals surface area contributed by atoms with Crippen LogP contribution in [0, 0.1) is 5.82 Å². The first-order valence-electron chi connectivity index (χ1n) is 14.7. The van der Waals surface area contributed by atoms with E-state index < -0.39 is 30.4 Å². The number of carbonyl (C=O) groups is 2. The van der Waals surface area contributed by atoms with Crippen molar-refractivity contribution in [3.63, 3.8) is 0 Å². The molecule has 0 aliphatic heterocycles. The Bertz CT molecular complexity index is 1570. The minimum atomic E-state index is -1.19. The summed E-state index contributed by atoms with van der Waals surface area (Å²) in [6, 6.07) is 22.7. The number of rotatable bonds is 14. The van der Waals surface area contributed by atoms with Gasteiger partial charge in [-0.25, -0.2) is 4.39 Å². The first-order chi connectivity index (χ1) is 21.1. The summed E-state index contributed by atoms with van der Waals surface area (Å²) in [6.45, 7) is 4.04. The number of hydrogen-bond acceptors (Lipinski definition) is 5. The number of benzene rings is 3. The SMILES string of the molecule is CC(C)n1c(CC[C@@H](O)C[C@@H](O)CC(=O)O)c(-c2ccc(F)cc2)c(-c2ccccc2)c1C(=O)NCc1cccc(CO)c1.[NaH]. The van der Waals surface area contributed by atoms with Crippen molar-refractivity contribution in [1.82, 2.24) is 9.88 Å².